The van der Waals surface area contributed by atoms with Crippen LogP contribution >= 0.6 is 0 Å². The van der Waals surface area contributed by atoms with Gasteiger partial charge in [0.15, 0.2) is 14.6 Å². The monoisotopic (exact) mass is 306 g/mol. The lowest BCUT2D eigenvalue weighted by Crippen LogP contribution is -2.42. The lowest BCUT2D eigenvalue weighted by atomic mass is 9.95. The van der Waals surface area contributed by atoms with Gasteiger partial charge in [-0.1, -0.05) is 58.9 Å². The molecule has 0 aliphatic heterocycles. The molecule has 1 aromatic rings. The van der Waals surface area contributed by atoms with Crippen molar-refractivity contribution >= 4 is 14.6 Å². The van der Waals surface area contributed by atoms with Gasteiger partial charge in [0.1, 0.15) is 6.10 Å². The van der Waals surface area contributed by atoms with Gasteiger partial charge < -0.3 is 9.22 Å². The number of hydrogen-bond acceptors (Lipinski definition) is 2. The van der Waals surface area contributed by atoms with Crippen molar-refractivity contribution in [3.05, 3.63) is 35.4 Å². The van der Waals surface area contributed by atoms with Crippen LogP contribution in [-0.2, 0) is 15.6 Å². The molecule has 0 saturated carbocycles. The van der Waals surface area contributed by atoms with E-state index in [0.29, 0.717) is 5.92 Å². The minimum Gasteiger partial charge on any atom is -0.403 e. The third kappa shape index (κ3) is 4.79. The molecular formula is C18H30O2Si. The number of rotatable bonds is 6. The first kappa shape index (κ1) is 18.1. The second-order valence-electron chi connectivity index (χ2n) is 7.73. The second kappa shape index (κ2) is 6.88. The van der Waals surface area contributed by atoms with Gasteiger partial charge in [-0.05, 0) is 41.6 Å². The maximum atomic E-state index is 11.6. The Balaban J connectivity index is 3.09. The zero-order valence-corrected chi connectivity index (χ0v) is 15.6. The first-order chi connectivity index (χ1) is 9.58. The highest BCUT2D eigenvalue weighted by Crippen LogP contribution is 2.39. The van der Waals surface area contributed by atoms with E-state index in [1.54, 1.807) is 0 Å². The van der Waals surface area contributed by atoms with Gasteiger partial charge >= 0.3 is 0 Å². The van der Waals surface area contributed by atoms with Gasteiger partial charge in [0.2, 0.25) is 0 Å². The van der Waals surface area contributed by atoms with Crippen molar-refractivity contribution in [2.75, 3.05) is 0 Å². The summed E-state index contributed by atoms with van der Waals surface area (Å²) in [6.45, 7) is 15.4. The second-order valence-corrected chi connectivity index (χ2v) is 12.5. The van der Waals surface area contributed by atoms with Crippen LogP contribution in [0.4, 0.5) is 0 Å². The molecule has 21 heavy (non-hydrogen) atoms. The molecule has 0 unspecified atom stereocenters. The first-order valence-corrected chi connectivity index (χ1v) is 10.7. The lowest BCUT2D eigenvalue weighted by molar-refractivity contribution is -0.114. The van der Waals surface area contributed by atoms with Crippen LogP contribution in [0.25, 0.3) is 0 Å². The molecule has 0 amide bonds. The molecule has 0 saturated heterocycles. The summed E-state index contributed by atoms with van der Waals surface area (Å²) in [5.41, 5.74) is 2.26. The largest absolute Gasteiger partial charge is 0.403 e. The third-order valence-electron chi connectivity index (χ3n) is 4.34. The van der Waals surface area contributed by atoms with Crippen LogP contribution in [0.5, 0.6) is 0 Å². The molecule has 1 aromatic carbocycles. The third-order valence-corrected chi connectivity index (χ3v) is 8.80. The summed E-state index contributed by atoms with van der Waals surface area (Å²) < 4.78 is 6.33. The normalized spacial score (nSPS) is 14.3. The Bertz CT molecular complexity index is 472. The topological polar surface area (TPSA) is 26.3 Å². The van der Waals surface area contributed by atoms with Crippen molar-refractivity contribution in [3.8, 4) is 0 Å². The van der Waals surface area contributed by atoms with Gasteiger partial charge in [-0.2, -0.15) is 0 Å². The molecule has 0 radical (unpaired) electrons. The summed E-state index contributed by atoms with van der Waals surface area (Å²) in [6, 6.07) is 8.17. The van der Waals surface area contributed by atoms with Gasteiger partial charge in [0.25, 0.3) is 0 Å². The average molecular weight is 307 g/mol. The number of carbonyl (C=O) groups is 1. The summed E-state index contributed by atoms with van der Waals surface area (Å²) in [6.07, 6.45) is 1.49. The van der Waals surface area contributed by atoms with Crippen molar-refractivity contribution in [1.29, 1.82) is 0 Å². The highest BCUT2D eigenvalue weighted by molar-refractivity contribution is 6.74. The van der Waals surface area contributed by atoms with E-state index in [1.165, 1.54) is 5.56 Å². The smallest absolute Gasteiger partial charge is 0.193 e. The summed E-state index contributed by atoms with van der Waals surface area (Å²) in [7, 11) is -1.97. The molecule has 1 rings (SSSR count). The Morgan fingerprint density at radius 2 is 1.76 bits per heavy atom. The van der Waals surface area contributed by atoms with Crippen LogP contribution in [0.3, 0.4) is 0 Å². The van der Waals surface area contributed by atoms with Crippen molar-refractivity contribution < 1.29 is 9.22 Å². The zero-order valence-electron chi connectivity index (χ0n) is 14.6. The highest BCUT2D eigenvalue weighted by atomic mass is 28.4. The maximum absolute atomic E-state index is 11.6. The van der Waals surface area contributed by atoms with Gasteiger partial charge in [-0.25, -0.2) is 0 Å². The van der Waals surface area contributed by atoms with Crippen LogP contribution in [0.2, 0.25) is 18.1 Å². The molecule has 2 nitrogen and oxygen atoms in total. The molecule has 3 heteroatoms. The molecule has 0 aromatic heterocycles. The molecule has 0 fully saturated rings. The minimum absolute atomic E-state index is 0.0985. The minimum atomic E-state index is -1.97. The predicted molar refractivity (Wildman–Crippen MR) is 92.1 cm³/mol. The molecule has 0 aliphatic carbocycles. The van der Waals surface area contributed by atoms with Crippen molar-refractivity contribution in [2.45, 2.75) is 65.3 Å². The predicted octanol–water partition coefficient (Wildman–Crippen LogP) is 5.15. The zero-order chi connectivity index (χ0) is 16.3. The molecule has 0 N–H and O–H groups in total. The fourth-order valence-corrected chi connectivity index (χ4v) is 3.27. The van der Waals surface area contributed by atoms with Crippen molar-refractivity contribution in [3.63, 3.8) is 0 Å². The quantitative estimate of drug-likeness (QED) is 0.537. The molecule has 0 spiro atoms. The van der Waals surface area contributed by atoms with Crippen LogP contribution in [-0.4, -0.2) is 14.6 Å². The maximum Gasteiger partial charge on any atom is 0.193 e. The van der Waals surface area contributed by atoms with E-state index in [0.717, 1.165) is 18.3 Å². The molecule has 0 heterocycles. The van der Waals surface area contributed by atoms with Crippen LogP contribution in [0, 0.1) is 5.92 Å². The summed E-state index contributed by atoms with van der Waals surface area (Å²) in [5, 5.41) is 0.0985. The fraction of sp³-hybridized carbons (Fsp3) is 0.611. The summed E-state index contributed by atoms with van der Waals surface area (Å²) >= 11 is 0. The summed E-state index contributed by atoms with van der Waals surface area (Å²) in [4.78, 5) is 11.6. The number of carbonyl (C=O) groups excluding carboxylic acids is 1. The van der Waals surface area contributed by atoms with Crippen LogP contribution in [0.15, 0.2) is 24.3 Å². The van der Waals surface area contributed by atoms with E-state index in [2.05, 4.69) is 53.8 Å². The van der Waals surface area contributed by atoms with E-state index in [9.17, 15) is 4.79 Å². The number of benzene rings is 1. The highest BCUT2D eigenvalue weighted by Gasteiger charge is 2.39. The van der Waals surface area contributed by atoms with E-state index in [4.69, 9.17) is 4.43 Å². The van der Waals surface area contributed by atoms with Gasteiger partial charge in [0.05, 0.1) is 0 Å². The molecule has 0 aliphatic rings. The number of hydrogen-bond donors (Lipinski definition) is 0. The first-order valence-electron chi connectivity index (χ1n) is 7.79. The SMILES string of the molecule is CC(C)Cc1ccccc1[C@H](C=O)O[Si](C)(C)C(C)(C)C. The Hall–Kier alpha value is -0.933. The Kier molecular flexibility index (Phi) is 5.94. The van der Waals surface area contributed by atoms with E-state index >= 15 is 0 Å². The van der Waals surface area contributed by atoms with E-state index in [-0.39, 0.29) is 5.04 Å². The van der Waals surface area contributed by atoms with Crippen molar-refractivity contribution in [2.24, 2.45) is 5.92 Å². The van der Waals surface area contributed by atoms with Crippen LogP contribution < -0.4 is 0 Å². The van der Waals surface area contributed by atoms with E-state index < -0.39 is 14.4 Å². The van der Waals surface area contributed by atoms with Gasteiger partial charge in [-0.3, -0.25) is 0 Å². The van der Waals surface area contributed by atoms with Crippen LogP contribution in [0.1, 0.15) is 51.8 Å². The lowest BCUT2D eigenvalue weighted by Gasteiger charge is -2.38. The Morgan fingerprint density at radius 3 is 2.24 bits per heavy atom. The number of aldehydes is 1. The molecule has 0 bridgehead atoms. The molecule has 1 atom stereocenters. The Morgan fingerprint density at radius 1 is 1.19 bits per heavy atom. The summed E-state index contributed by atoms with van der Waals surface area (Å²) in [5.74, 6) is 0.561. The van der Waals surface area contributed by atoms with E-state index in [1.807, 2.05) is 18.2 Å². The Labute approximate surface area is 131 Å². The van der Waals surface area contributed by atoms with Crippen molar-refractivity contribution in [1.82, 2.24) is 0 Å². The molecule has 118 valence electrons. The van der Waals surface area contributed by atoms with Gasteiger partial charge in [-0.15, -0.1) is 0 Å². The fourth-order valence-electron chi connectivity index (χ4n) is 2.10. The molecular weight excluding hydrogens is 276 g/mol. The van der Waals surface area contributed by atoms with Gasteiger partial charge in [0, 0.05) is 0 Å². The average Bonchev–Trinajstić information content (AvgIpc) is 2.35. The standard InChI is InChI=1S/C18H30O2Si/c1-14(2)12-15-10-8-9-11-16(15)17(13-19)20-21(6,7)18(3,4)5/h8-11,13-14,17H,12H2,1-7H3/t17-/m0/s1.